The maximum atomic E-state index is 12.5. The first kappa shape index (κ1) is 23.7. The lowest BCUT2D eigenvalue weighted by Gasteiger charge is -2.32. The van der Waals surface area contributed by atoms with E-state index in [9.17, 15) is 9.59 Å². The van der Waals surface area contributed by atoms with Gasteiger partial charge < -0.3 is 15.5 Å². The highest BCUT2D eigenvalue weighted by Crippen LogP contribution is 2.24. The zero-order valence-electron chi connectivity index (χ0n) is 17.6. The van der Waals surface area contributed by atoms with E-state index < -0.39 is 0 Å². The highest BCUT2D eigenvalue weighted by Gasteiger charge is 2.25. The average molecular weight is 422 g/mol. The second-order valence-corrected chi connectivity index (χ2v) is 8.56. The van der Waals surface area contributed by atoms with Gasteiger partial charge in [-0.3, -0.25) is 9.59 Å². The fraction of sp³-hybridized carbons (Fsp3) is 0.652. The zero-order valence-corrected chi connectivity index (χ0v) is 18.4. The number of halogens is 1. The first-order chi connectivity index (χ1) is 13.6. The van der Waals surface area contributed by atoms with Gasteiger partial charge in [0, 0.05) is 19.5 Å². The van der Waals surface area contributed by atoms with Crippen LogP contribution in [0.5, 0.6) is 0 Å². The van der Waals surface area contributed by atoms with Crippen molar-refractivity contribution in [3.8, 4) is 0 Å². The predicted molar refractivity (Wildman–Crippen MR) is 119 cm³/mol. The van der Waals surface area contributed by atoms with Gasteiger partial charge in [0.25, 0.3) is 0 Å². The molecule has 0 spiro atoms. The molecule has 0 saturated carbocycles. The Balaban J connectivity index is 0.00000300. The molecule has 1 atom stereocenters. The maximum Gasteiger partial charge on any atom is 0.241 e. The molecule has 2 heterocycles. The van der Waals surface area contributed by atoms with Crippen LogP contribution in [-0.4, -0.2) is 49.4 Å². The molecule has 5 nitrogen and oxygen atoms in total. The molecule has 1 unspecified atom stereocenters. The minimum atomic E-state index is 0. The van der Waals surface area contributed by atoms with Crippen LogP contribution in [0.15, 0.2) is 30.3 Å². The molecule has 2 aliphatic rings. The van der Waals surface area contributed by atoms with Gasteiger partial charge in [-0.15, -0.1) is 12.4 Å². The topological polar surface area (TPSA) is 61.4 Å². The number of benzene rings is 1. The molecule has 0 aromatic heterocycles. The molecule has 0 radical (unpaired) electrons. The molecule has 2 saturated heterocycles. The van der Waals surface area contributed by atoms with Crippen molar-refractivity contribution >= 4 is 24.2 Å². The highest BCUT2D eigenvalue weighted by atomic mass is 35.5. The summed E-state index contributed by atoms with van der Waals surface area (Å²) < 4.78 is 0. The normalized spacial score (nSPS) is 19.3. The van der Waals surface area contributed by atoms with E-state index in [4.69, 9.17) is 0 Å². The van der Waals surface area contributed by atoms with E-state index >= 15 is 0 Å². The third-order valence-corrected chi connectivity index (χ3v) is 6.47. The fourth-order valence-corrected chi connectivity index (χ4v) is 4.56. The van der Waals surface area contributed by atoms with E-state index in [1.807, 2.05) is 11.0 Å². The van der Waals surface area contributed by atoms with Crippen LogP contribution in [0.3, 0.4) is 0 Å². The average Bonchev–Trinajstić information content (AvgIpc) is 2.74. The lowest BCUT2D eigenvalue weighted by atomic mass is 9.84. The molecule has 1 aromatic carbocycles. The summed E-state index contributed by atoms with van der Waals surface area (Å²) in [4.78, 5) is 26.6. The summed E-state index contributed by atoms with van der Waals surface area (Å²) in [6, 6.07) is 10.6. The Bertz CT molecular complexity index is 626. The van der Waals surface area contributed by atoms with Gasteiger partial charge in [-0.2, -0.15) is 0 Å². The van der Waals surface area contributed by atoms with Crippen molar-refractivity contribution in [2.24, 2.45) is 17.8 Å². The molecular formula is C23H36ClN3O2. The summed E-state index contributed by atoms with van der Waals surface area (Å²) >= 11 is 0. The monoisotopic (exact) mass is 421 g/mol. The summed E-state index contributed by atoms with van der Waals surface area (Å²) in [5.41, 5.74) is 1.38. The van der Waals surface area contributed by atoms with Gasteiger partial charge in [-0.05, 0) is 68.5 Å². The minimum Gasteiger partial charge on any atom is -0.347 e. The fourth-order valence-electron chi connectivity index (χ4n) is 4.56. The van der Waals surface area contributed by atoms with Gasteiger partial charge in [0.1, 0.15) is 0 Å². The van der Waals surface area contributed by atoms with Crippen molar-refractivity contribution < 1.29 is 9.59 Å². The number of piperidine rings is 2. The second kappa shape index (κ2) is 12.2. The Morgan fingerprint density at radius 2 is 1.76 bits per heavy atom. The zero-order chi connectivity index (χ0) is 19.8. The summed E-state index contributed by atoms with van der Waals surface area (Å²) in [6.07, 6.45) is 5.99. The van der Waals surface area contributed by atoms with Gasteiger partial charge in [0.2, 0.25) is 11.8 Å². The molecule has 6 heteroatoms. The van der Waals surface area contributed by atoms with Crippen LogP contribution >= 0.6 is 12.4 Å². The number of hydrogen-bond donors (Lipinski definition) is 2. The number of rotatable bonds is 7. The van der Waals surface area contributed by atoms with E-state index in [1.165, 1.54) is 5.56 Å². The SMILES string of the molecule is CC(CC(=O)NCC(=O)N1CCC(Cc2ccccc2)CC1)C1CCNCC1.Cl. The van der Waals surface area contributed by atoms with Crippen molar-refractivity contribution in [3.63, 3.8) is 0 Å². The molecule has 2 N–H and O–H groups in total. The summed E-state index contributed by atoms with van der Waals surface area (Å²) in [7, 11) is 0. The quantitative estimate of drug-likeness (QED) is 0.711. The van der Waals surface area contributed by atoms with Crippen molar-refractivity contribution in [2.75, 3.05) is 32.7 Å². The van der Waals surface area contributed by atoms with E-state index in [0.717, 1.165) is 58.3 Å². The third-order valence-electron chi connectivity index (χ3n) is 6.47. The van der Waals surface area contributed by atoms with E-state index in [-0.39, 0.29) is 30.8 Å². The van der Waals surface area contributed by atoms with E-state index in [2.05, 4.69) is 41.8 Å². The lowest BCUT2D eigenvalue weighted by molar-refractivity contribution is -0.134. The number of carbonyl (C=O) groups is 2. The Labute approximate surface area is 181 Å². The molecule has 3 rings (SSSR count). The number of amides is 2. The molecular weight excluding hydrogens is 386 g/mol. The van der Waals surface area contributed by atoms with Crippen LogP contribution in [0, 0.1) is 17.8 Å². The van der Waals surface area contributed by atoms with Crippen LogP contribution in [-0.2, 0) is 16.0 Å². The Hall–Kier alpha value is -1.59. The summed E-state index contributed by atoms with van der Waals surface area (Å²) in [5, 5.41) is 6.22. The van der Waals surface area contributed by atoms with E-state index in [1.54, 1.807) is 0 Å². The number of carbonyl (C=O) groups excluding carboxylic acids is 2. The largest absolute Gasteiger partial charge is 0.347 e. The molecule has 2 aliphatic heterocycles. The van der Waals surface area contributed by atoms with Crippen molar-refractivity contribution in [1.29, 1.82) is 0 Å². The standard InChI is InChI=1S/C23H35N3O2.ClH/c1-18(21-7-11-24-12-8-21)15-22(27)25-17-23(28)26-13-9-20(10-14-26)16-19-5-3-2-4-6-19;/h2-6,18,20-21,24H,7-17H2,1H3,(H,25,27);1H. The third kappa shape index (κ3) is 7.63. The van der Waals surface area contributed by atoms with Crippen LogP contribution in [0.1, 0.15) is 44.6 Å². The Morgan fingerprint density at radius 1 is 1.10 bits per heavy atom. The number of likely N-dealkylation sites (tertiary alicyclic amines) is 1. The predicted octanol–water partition coefficient (Wildman–Crippen LogP) is 3.03. The van der Waals surface area contributed by atoms with Crippen LogP contribution < -0.4 is 10.6 Å². The lowest BCUT2D eigenvalue weighted by Crippen LogP contribution is -2.44. The number of hydrogen-bond acceptors (Lipinski definition) is 3. The highest BCUT2D eigenvalue weighted by molar-refractivity contribution is 5.85. The molecule has 29 heavy (non-hydrogen) atoms. The van der Waals surface area contributed by atoms with Crippen molar-refractivity contribution in [3.05, 3.63) is 35.9 Å². The van der Waals surface area contributed by atoms with Gasteiger partial charge in [0.05, 0.1) is 6.54 Å². The molecule has 0 bridgehead atoms. The van der Waals surface area contributed by atoms with Crippen molar-refractivity contribution in [2.45, 2.75) is 45.4 Å². The first-order valence-corrected chi connectivity index (χ1v) is 10.9. The maximum absolute atomic E-state index is 12.5. The van der Waals surface area contributed by atoms with Gasteiger partial charge in [-0.25, -0.2) is 0 Å². The van der Waals surface area contributed by atoms with Gasteiger partial charge in [0.15, 0.2) is 0 Å². The minimum absolute atomic E-state index is 0. The molecule has 2 amide bonds. The van der Waals surface area contributed by atoms with Crippen LogP contribution in [0.4, 0.5) is 0 Å². The molecule has 2 fully saturated rings. The Morgan fingerprint density at radius 3 is 2.41 bits per heavy atom. The van der Waals surface area contributed by atoms with Gasteiger partial charge >= 0.3 is 0 Å². The number of nitrogens with one attached hydrogen (secondary N) is 2. The Kier molecular flexibility index (Phi) is 9.95. The van der Waals surface area contributed by atoms with Crippen molar-refractivity contribution in [1.82, 2.24) is 15.5 Å². The van der Waals surface area contributed by atoms with Crippen LogP contribution in [0.2, 0.25) is 0 Å². The summed E-state index contributed by atoms with van der Waals surface area (Å²) in [6.45, 7) is 6.01. The summed E-state index contributed by atoms with van der Waals surface area (Å²) in [5.74, 6) is 1.71. The van der Waals surface area contributed by atoms with Gasteiger partial charge in [-0.1, -0.05) is 37.3 Å². The van der Waals surface area contributed by atoms with Crippen LogP contribution in [0.25, 0.3) is 0 Å². The molecule has 0 aliphatic carbocycles. The van der Waals surface area contributed by atoms with E-state index in [0.29, 0.717) is 24.2 Å². The smallest absolute Gasteiger partial charge is 0.241 e. The second-order valence-electron chi connectivity index (χ2n) is 8.56. The molecule has 162 valence electrons. The number of nitrogens with zero attached hydrogens (tertiary/aromatic N) is 1. The molecule has 1 aromatic rings. The first-order valence-electron chi connectivity index (χ1n) is 10.9.